The summed E-state index contributed by atoms with van der Waals surface area (Å²) in [5, 5.41) is 9.05. The molecule has 1 aliphatic rings. The molecule has 0 spiro atoms. The van der Waals surface area contributed by atoms with Crippen LogP contribution >= 0.6 is 0 Å². The smallest absolute Gasteiger partial charge is 0.250 e. The molecule has 0 radical (unpaired) electrons. The predicted octanol–water partition coefficient (Wildman–Crippen LogP) is 0.695. The van der Waals surface area contributed by atoms with Gasteiger partial charge in [-0.15, -0.1) is 0 Å². The van der Waals surface area contributed by atoms with E-state index in [0.717, 1.165) is 6.54 Å². The number of rotatable bonds is 6. The first-order chi connectivity index (χ1) is 8.31. The third-order valence-electron chi connectivity index (χ3n) is 3.51. The summed E-state index contributed by atoms with van der Waals surface area (Å²) >= 11 is 0. The minimum atomic E-state index is 0.0463. The van der Waals surface area contributed by atoms with Gasteiger partial charge in [0, 0.05) is 37.9 Å². The fraction of sp³-hybridized carbons (Fsp3) is 0.615. The predicted molar refractivity (Wildman–Crippen MR) is 67.0 cm³/mol. The monoisotopic (exact) mass is 236 g/mol. The fourth-order valence-electron chi connectivity index (χ4n) is 2.24. The van der Waals surface area contributed by atoms with Gasteiger partial charge < -0.3 is 9.67 Å². The van der Waals surface area contributed by atoms with E-state index in [1.54, 1.807) is 16.7 Å². The van der Waals surface area contributed by atoms with Crippen LogP contribution in [-0.4, -0.2) is 40.3 Å². The summed E-state index contributed by atoms with van der Waals surface area (Å²) in [6, 6.07) is 5.83. The van der Waals surface area contributed by atoms with E-state index in [1.165, 1.54) is 19.3 Å². The van der Waals surface area contributed by atoms with Crippen LogP contribution in [0.15, 0.2) is 29.2 Å². The first kappa shape index (κ1) is 12.3. The van der Waals surface area contributed by atoms with Crippen molar-refractivity contribution in [2.75, 3.05) is 19.7 Å². The molecule has 4 nitrogen and oxygen atoms in total. The summed E-state index contributed by atoms with van der Waals surface area (Å²) in [6.45, 7) is 2.46. The van der Waals surface area contributed by atoms with Gasteiger partial charge in [-0.2, -0.15) is 0 Å². The Hall–Kier alpha value is -1.13. The summed E-state index contributed by atoms with van der Waals surface area (Å²) in [5.74, 6) is 0. The van der Waals surface area contributed by atoms with Crippen LogP contribution < -0.4 is 5.56 Å². The number of nitrogens with zero attached hydrogens (tertiary/aromatic N) is 2. The molecule has 17 heavy (non-hydrogen) atoms. The molecule has 0 aromatic carbocycles. The first-order valence-electron chi connectivity index (χ1n) is 6.31. The normalized spacial score (nSPS) is 16.1. The first-order valence-corrected chi connectivity index (χ1v) is 6.31. The van der Waals surface area contributed by atoms with Crippen molar-refractivity contribution in [2.45, 2.75) is 31.8 Å². The molecular formula is C13H20N2O2. The van der Waals surface area contributed by atoms with Crippen molar-refractivity contribution in [3.63, 3.8) is 0 Å². The number of aliphatic hydroxyl groups is 1. The SMILES string of the molecule is O=c1ccccn1CCN(CCO)C1CCC1. The Labute approximate surface area is 101 Å². The van der Waals surface area contributed by atoms with Crippen LogP contribution in [0.4, 0.5) is 0 Å². The van der Waals surface area contributed by atoms with Gasteiger partial charge in [0.2, 0.25) is 0 Å². The molecule has 4 heteroatoms. The number of hydrogen-bond acceptors (Lipinski definition) is 3. The maximum Gasteiger partial charge on any atom is 0.250 e. The zero-order valence-electron chi connectivity index (χ0n) is 10.1. The highest BCUT2D eigenvalue weighted by Gasteiger charge is 2.23. The topological polar surface area (TPSA) is 45.5 Å². The van der Waals surface area contributed by atoms with E-state index in [4.69, 9.17) is 5.11 Å². The van der Waals surface area contributed by atoms with Gasteiger partial charge in [0.05, 0.1) is 6.61 Å². The standard InChI is InChI=1S/C13H20N2O2/c16-11-10-14(12-4-3-5-12)8-9-15-7-2-1-6-13(15)17/h1-2,6-7,12,16H,3-5,8-11H2. The number of aliphatic hydroxyl groups excluding tert-OH is 1. The zero-order valence-corrected chi connectivity index (χ0v) is 10.1. The molecule has 0 atom stereocenters. The van der Waals surface area contributed by atoms with Gasteiger partial charge in [-0.1, -0.05) is 12.5 Å². The lowest BCUT2D eigenvalue weighted by Gasteiger charge is -2.37. The van der Waals surface area contributed by atoms with Gasteiger partial charge >= 0.3 is 0 Å². The van der Waals surface area contributed by atoms with Crippen LogP contribution in [0.5, 0.6) is 0 Å². The third kappa shape index (κ3) is 3.17. The minimum Gasteiger partial charge on any atom is -0.395 e. The van der Waals surface area contributed by atoms with Crippen LogP contribution in [0.1, 0.15) is 19.3 Å². The Bertz CT molecular complexity index is 398. The van der Waals surface area contributed by atoms with E-state index in [1.807, 2.05) is 12.3 Å². The summed E-state index contributed by atoms with van der Waals surface area (Å²) in [5.41, 5.74) is 0.0463. The molecule has 0 aliphatic heterocycles. The van der Waals surface area contributed by atoms with E-state index in [9.17, 15) is 4.79 Å². The maximum absolute atomic E-state index is 11.5. The number of pyridine rings is 1. The highest BCUT2D eigenvalue weighted by molar-refractivity contribution is 4.93. The molecule has 1 heterocycles. The molecule has 1 N–H and O–H groups in total. The van der Waals surface area contributed by atoms with Crippen LogP contribution in [-0.2, 0) is 6.54 Å². The van der Waals surface area contributed by atoms with Crippen molar-refractivity contribution in [3.05, 3.63) is 34.7 Å². The van der Waals surface area contributed by atoms with E-state index >= 15 is 0 Å². The summed E-state index contributed by atoms with van der Waals surface area (Å²) in [7, 11) is 0. The van der Waals surface area contributed by atoms with Gasteiger partial charge in [-0.25, -0.2) is 0 Å². The van der Waals surface area contributed by atoms with Gasteiger partial charge in [0.1, 0.15) is 0 Å². The molecular weight excluding hydrogens is 216 g/mol. The molecule has 0 bridgehead atoms. The molecule has 1 fully saturated rings. The lowest BCUT2D eigenvalue weighted by atomic mass is 9.91. The van der Waals surface area contributed by atoms with Gasteiger partial charge in [0.15, 0.2) is 0 Å². The molecule has 1 aromatic rings. The molecule has 1 aromatic heterocycles. The second-order valence-electron chi connectivity index (χ2n) is 4.58. The fourth-order valence-corrected chi connectivity index (χ4v) is 2.24. The van der Waals surface area contributed by atoms with Crippen LogP contribution in [0.2, 0.25) is 0 Å². The van der Waals surface area contributed by atoms with Crippen LogP contribution in [0.25, 0.3) is 0 Å². The molecule has 0 saturated heterocycles. The average Bonchev–Trinajstić information content (AvgIpc) is 2.25. The number of aromatic nitrogens is 1. The molecule has 0 amide bonds. The second kappa shape index (κ2) is 5.98. The van der Waals surface area contributed by atoms with Crippen molar-refractivity contribution < 1.29 is 5.11 Å². The van der Waals surface area contributed by atoms with Gasteiger partial charge in [-0.05, 0) is 18.9 Å². The average molecular weight is 236 g/mol. The third-order valence-corrected chi connectivity index (χ3v) is 3.51. The maximum atomic E-state index is 11.5. The molecule has 0 unspecified atom stereocenters. The Morgan fingerprint density at radius 2 is 2.18 bits per heavy atom. The van der Waals surface area contributed by atoms with Gasteiger partial charge in [-0.3, -0.25) is 9.69 Å². The van der Waals surface area contributed by atoms with Crippen molar-refractivity contribution in [2.24, 2.45) is 0 Å². The molecule has 1 saturated carbocycles. The van der Waals surface area contributed by atoms with Crippen molar-refractivity contribution in [1.82, 2.24) is 9.47 Å². The quantitative estimate of drug-likeness (QED) is 0.790. The Kier molecular flexibility index (Phi) is 4.34. The van der Waals surface area contributed by atoms with E-state index in [2.05, 4.69) is 4.90 Å². The minimum absolute atomic E-state index is 0.0463. The number of hydrogen-bond donors (Lipinski definition) is 1. The van der Waals surface area contributed by atoms with Crippen LogP contribution in [0, 0.1) is 0 Å². The highest BCUT2D eigenvalue weighted by Crippen LogP contribution is 2.24. The van der Waals surface area contributed by atoms with Crippen molar-refractivity contribution in [3.8, 4) is 0 Å². The van der Waals surface area contributed by atoms with Crippen molar-refractivity contribution in [1.29, 1.82) is 0 Å². The van der Waals surface area contributed by atoms with Crippen molar-refractivity contribution >= 4 is 0 Å². The van der Waals surface area contributed by atoms with Crippen LogP contribution in [0.3, 0.4) is 0 Å². The van der Waals surface area contributed by atoms with E-state index in [0.29, 0.717) is 19.1 Å². The zero-order chi connectivity index (χ0) is 12.1. The Morgan fingerprint density at radius 1 is 1.35 bits per heavy atom. The molecule has 94 valence electrons. The Morgan fingerprint density at radius 3 is 2.76 bits per heavy atom. The lowest BCUT2D eigenvalue weighted by Crippen LogP contribution is -2.43. The lowest BCUT2D eigenvalue weighted by molar-refractivity contribution is 0.0975. The van der Waals surface area contributed by atoms with Gasteiger partial charge in [0.25, 0.3) is 5.56 Å². The Balaban J connectivity index is 1.90. The summed E-state index contributed by atoms with van der Waals surface area (Å²) in [4.78, 5) is 13.8. The highest BCUT2D eigenvalue weighted by atomic mass is 16.3. The second-order valence-corrected chi connectivity index (χ2v) is 4.58. The summed E-state index contributed by atoms with van der Waals surface area (Å²) < 4.78 is 1.73. The molecule has 2 rings (SSSR count). The largest absolute Gasteiger partial charge is 0.395 e. The van der Waals surface area contributed by atoms with E-state index in [-0.39, 0.29) is 12.2 Å². The molecule has 1 aliphatic carbocycles. The summed E-state index contributed by atoms with van der Waals surface area (Å²) in [6.07, 6.45) is 5.56. The van der Waals surface area contributed by atoms with E-state index < -0.39 is 0 Å².